The van der Waals surface area contributed by atoms with Gasteiger partial charge in [-0.05, 0) is 178 Å². The molecule has 108 heavy (non-hydrogen) atoms. The molecule has 0 atom stereocenters. The van der Waals surface area contributed by atoms with E-state index in [2.05, 4.69) is 407 Å². The lowest BCUT2D eigenvalue weighted by atomic mass is 10.00. The molecule has 0 aliphatic carbocycles. The first-order chi connectivity index (χ1) is 53.6. The van der Waals surface area contributed by atoms with E-state index >= 15 is 0 Å². The molecule has 6 nitrogen and oxygen atoms in total. The Hall–Kier alpha value is -14.5. The molecular formula is C102H68N4O2. The topological polar surface area (TPSA) is 42.6 Å². The maximum absolute atomic E-state index is 6.41. The molecule has 21 rings (SSSR count). The van der Waals surface area contributed by atoms with Gasteiger partial charge in [-0.25, -0.2) is 0 Å². The van der Waals surface area contributed by atoms with Crippen LogP contribution in [0.1, 0.15) is 0 Å². The van der Waals surface area contributed by atoms with Gasteiger partial charge in [-0.2, -0.15) is 0 Å². The van der Waals surface area contributed by atoms with E-state index in [0.717, 1.165) is 112 Å². The van der Waals surface area contributed by atoms with Crippen LogP contribution in [-0.2, 0) is 0 Å². The summed E-state index contributed by atoms with van der Waals surface area (Å²) in [6.07, 6.45) is 0. The first-order valence-electron chi connectivity index (χ1n) is 36.8. The Kier molecular flexibility index (Phi) is 15.8. The van der Waals surface area contributed by atoms with Gasteiger partial charge in [-0.3, -0.25) is 0 Å². The number of anilines is 6. The standard InChI is InChI=1S/C54H36N2O.C48H32N2O/c1-2-11-37(12-3-1)38-21-23-39(24-22-38)40-25-29-42(30-26-40)55(43-31-27-41(28-32-43)46-16-10-17-50-49-15-6-9-20-53(49)57-54(46)50)44-33-35-45(36-34-44)56-51-18-7-4-13-47(51)48-14-5-8-19-52(48)56;1-2-11-33(12-3-1)34-21-25-36(26-22-34)49(37-27-23-35(24-28-37)40-16-10-17-44-43-15-6-9-20-47(43)51-48(40)44)38-29-31-39(32-30-38)50-45-18-7-4-13-41(45)42-14-5-8-19-46(42)50/h1-36H;1-32H. The number of benzene rings is 17. The number of hydrogen-bond donors (Lipinski definition) is 0. The lowest BCUT2D eigenvalue weighted by Crippen LogP contribution is -2.10. The number of hydrogen-bond acceptors (Lipinski definition) is 4. The van der Waals surface area contributed by atoms with Gasteiger partial charge in [0.2, 0.25) is 0 Å². The molecule has 0 radical (unpaired) electrons. The van der Waals surface area contributed by atoms with Crippen molar-refractivity contribution < 1.29 is 8.83 Å². The molecule has 0 spiro atoms. The van der Waals surface area contributed by atoms with Crippen LogP contribution in [0.15, 0.2) is 421 Å². The van der Waals surface area contributed by atoms with E-state index in [-0.39, 0.29) is 0 Å². The summed E-state index contributed by atoms with van der Waals surface area (Å²) >= 11 is 0. The number of nitrogens with zero attached hydrogens (tertiary/aromatic N) is 4. The van der Waals surface area contributed by atoms with Crippen molar-refractivity contribution in [3.63, 3.8) is 0 Å². The molecule has 0 fully saturated rings. The minimum Gasteiger partial charge on any atom is -0.455 e. The molecule has 0 bridgehead atoms. The molecule has 0 aliphatic rings. The zero-order valence-corrected chi connectivity index (χ0v) is 58.9. The Morgan fingerprint density at radius 3 is 0.713 bits per heavy atom. The second kappa shape index (κ2) is 27.0. The molecule has 0 aliphatic heterocycles. The fourth-order valence-electron chi connectivity index (χ4n) is 16.0. The third kappa shape index (κ3) is 11.3. The van der Waals surface area contributed by atoms with Crippen LogP contribution in [0.4, 0.5) is 34.1 Å². The predicted molar refractivity (Wildman–Crippen MR) is 453 cm³/mol. The van der Waals surface area contributed by atoms with E-state index in [1.165, 1.54) is 77.0 Å². The van der Waals surface area contributed by atoms with Gasteiger partial charge in [0.25, 0.3) is 0 Å². The highest BCUT2D eigenvalue weighted by atomic mass is 16.3. The Labute approximate surface area is 625 Å². The maximum Gasteiger partial charge on any atom is 0.143 e. The fraction of sp³-hybridized carbons (Fsp3) is 0. The first-order valence-corrected chi connectivity index (χ1v) is 36.8. The molecular weight excluding hydrogens is 1310 g/mol. The van der Waals surface area contributed by atoms with Gasteiger partial charge in [0.1, 0.15) is 22.3 Å². The molecule has 0 unspecified atom stereocenters. The molecule has 508 valence electrons. The van der Waals surface area contributed by atoms with E-state index in [4.69, 9.17) is 8.83 Å². The second-order valence-electron chi connectivity index (χ2n) is 27.5. The highest BCUT2D eigenvalue weighted by Crippen LogP contribution is 2.44. The first kappa shape index (κ1) is 63.2. The van der Waals surface area contributed by atoms with Gasteiger partial charge >= 0.3 is 0 Å². The Morgan fingerprint density at radius 1 is 0.167 bits per heavy atom. The largest absolute Gasteiger partial charge is 0.455 e. The Morgan fingerprint density at radius 2 is 0.398 bits per heavy atom. The highest BCUT2D eigenvalue weighted by Gasteiger charge is 2.21. The average molecular weight is 1380 g/mol. The van der Waals surface area contributed by atoms with Crippen molar-refractivity contribution in [2.75, 3.05) is 9.80 Å². The Bertz CT molecular complexity index is 6750. The summed E-state index contributed by atoms with van der Waals surface area (Å²) in [5, 5.41) is 9.57. The van der Waals surface area contributed by atoms with Crippen LogP contribution in [0, 0.1) is 0 Å². The maximum atomic E-state index is 6.41. The quantitative estimate of drug-likeness (QED) is 0.115. The molecule has 0 amide bonds. The van der Waals surface area contributed by atoms with E-state index in [9.17, 15) is 0 Å². The van der Waals surface area contributed by atoms with Crippen LogP contribution in [0.3, 0.4) is 0 Å². The minimum absolute atomic E-state index is 0.905. The van der Waals surface area contributed by atoms with Gasteiger partial charge in [-0.1, -0.05) is 279 Å². The van der Waals surface area contributed by atoms with E-state index < -0.39 is 0 Å². The zero-order chi connectivity index (χ0) is 71.4. The van der Waals surface area contributed by atoms with Crippen molar-refractivity contribution in [3.8, 4) is 67.0 Å². The van der Waals surface area contributed by atoms with Crippen molar-refractivity contribution in [2.24, 2.45) is 0 Å². The number of para-hydroxylation sites is 8. The molecule has 4 aromatic heterocycles. The lowest BCUT2D eigenvalue weighted by Gasteiger charge is -2.26. The molecule has 0 saturated heterocycles. The van der Waals surface area contributed by atoms with Gasteiger partial charge in [0.15, 0.2) is 0 Å². The summed E-state index contributed by atoms with van der Waals surface area (Å²) in [7, 11) is 0. The number of aromatic nitrogens is 2. The highest BCUT2D eigenvalue weighted by molar-refractivity contribution is 6.13. The minimum atomic E-state index is 0.905. The third-order valence-electron chi connectivity index (χ3n) is 21.3. The van der Waals surface area contributed by atoms with Gasteiger partial charge in [-0.15, -0.1) is 0 Å². The van der Waals surface area contributed by atoms with Gasteiger partial charge < -0.3 is 27.8 Å². The van der Waals surface area contributed by atoms with Crippen molar-refractivity contribution in [1.82, 2.24) is 9.13 Å². The smallest absolute Gasteiger partial charge is 0.143 e. The van der Waals surface area contributed by atoms with Gasteiger partial charge in [0, 0.05) is 99.7 Å². The van der Waals surface area contributed by atoms with Crippen molar-refractivity contribution >= 4 is 122 Å². The number of furan rings is 2. The van der Waals surface area contributed by atoms with Crippen LogP contribution in [-0.4, -0.2) is 9.13 Å². The molecule has 0 saturated carbocycles. The summed E-state index contributed by atoms with van der Waals surface area (Å²) in [6, 6.07) is 147. The van der Waals surface area contributed by atoms with Gasteiger partial charge in [0.05, 0.1) is 22.1 Å². The predicted octanol–water partition coefficient (Wildman–Crippen LogP) is 28.6. The van der Waals surface area contributed by atoms with Crippen LogP contribution in [0.5, 0.6) is 0 Å². The lowest BCUT2D eigenvalue weighted by molar-refractivity contribution is 0.669. The van der Waals surface area contributed by atoms with Crippen LogP contribution in [0.2, 0.25) is 0 Å². The summed E-state index contributed by atoms with van der Waals surface area (Å²) in [5.74, 6) is 0. The van der Waals surface area contributed by atoms with E-state index in [1.54, 1.807) is 0 Å². The average Bonchev–Trinajstić information content (AvgIpc) is 1.61. The van der Waals surface area contributed by atoms with Crippen molar-refractivity contribution in [3.05, 3.63) is 413 Å². The van der Waals surface area contributed by atoms with Crippen molar-refractivity contribution in [1.29, 1.82) is 0 Å². The Balaban J connectivity index is 0.000000143. The summed E-state index contributed by atoms with van der Waals surface area (Å²) in [4.78, 5) is 4.67. The van der Waals surface area contributed by atoms with Crippen LogP contribution < -0.4 is 9.80 Å². The molecule has 0 N–H and O–H groups in total. The van der Waals surface area contributed by atoms with Crippen molar-refractivity contribution in [2.45, 2.75) is 0 Å². The molecule has 6 heteroatoms. The molecule has 17 aromatic carbocycles. The fourth-order valence-corrected chi connectivity index (χ4v) is 16.0. The second-order valence-corrected chi connectivity index (χ2v) is 27.5. The SMILES string of the molecule is c1ccc(-c2ccc(-c3ccc(N(c4ccc(-c5cccc6c5oc5ccccc56)cc4)c4ccc(-n5c6ccccc6c6ccccc65)cc4)cc3)cc2)cc1.c1ccc(-c2ccc(N(c3ccc(-c4cccc5c4oc4ccccc45)cc3)c3ccc(-n4c5ccccc5c5ccccc54)cc3)cc2)cc1. The summed E-state index contributed by atoms with van der Waals surface area (Å²) < 4.78 is 17.5. The molecule has 21 aromatic rings. The summed E-state index contributed by atoms with van der Waals surface area (Å²) in [5.41, 5.74) is 28.8. The van der Waals surface area contributed by atoms with Crippen LogP contribution in [0.25, 0.3) is 154 Å². The zero-order valence-electron chi connectivity index (χ0n) is 58.9. The van der Waals surface area contributed by atoms with E-state index in [1.807, 2.05) is 24.3 Å². The summed E-state index contributed by atoms with van der Waals surface area (Å²) in [6.45, 7) is 0. The number of fused-ring (bicyclic) bond motifs is 12. The third-order valence-corrected chi connectivity index (χ3v) is 21.3. The monoisotopic (exact) mass is 1380 g/mol. The molecule has 4 heterocycles. The normalized spacial score (nSPS) is 11.5. The number of rotatable bonds is 13. The van der Waals surface area contributed by atoms with E-state index in [0.29, 0.717) is 0 Å². The van der Waals surface area contributed by atoms with Crippen LogP contribution >= 0.6 is 0 Å².